The van der Waals surface area contributed by atoms with Gasteiger partial charge in [0.15, 0.2) is 0 Å². The fourth-order valence-electron chi connectivity index (χ4n) is 3.65. The third kappa shape index (κ3) is 2.82. The third-order valence-corrected chi connectivity index (χ3v) is 5.50. The van der Waals surface area contributed by atoms with Gasteiger partial charge in [0.2, 0.25) is 5.91 Å². The molecule has 0 spiro atoms. The lowest BCUT2D eigenvalue weighted by atomic mass is 9.79. The van der Waals surface area contributed by atoms with Crippen LogP contribution in [0, 0.1) is 0 Å². The average molecular weight is 373 g/mol. The molecule has 1 unspecified atom stereocenters. The highest BCUT2D eigenvalue weighted by molar-refractivity contribution is 5.87. The highest BCUT2D eigenvalue weighted by Gasteiger charge is 2.33. The van der Waals surface area contributed by atoms with Crippen molar-refractivity contribution in [2.45, 2.75) is 25.4 Å². The minimum absolute atomic E-state index is 0.278. The summed E-state index contributed by atoms with van der Waals surface area (Å²) in [6.07, 6.45) is -0.278. The molecule has 1 aliphatic heterocycles. The van der Waals surface area contributed by atoms with Crippen molar-refractivity contribution in [3.63, 3.8) is 0 Å². The number of ether oxygens (including phenoxy) is 2. The molecule has 4 nitrogen and oxygen atoms in total. The van der Waals surface area contributed by atoms with Crippen molar-refractivity contribution in [1.82, 2.24) is 0 Å². The molecular formula is C24H23NO3. The highest BCUT2D eigenvalue weighted by atomic mass is 16.5. The van der Waals surface area contributed by atoms with Gasteiger partial charge >= 0.3 is 0 Å². The summed E-state index contributed by atoms with van der Waals surface area (Å²) < 4.78 is 12.0. The fourth-order valence-corrected chi connectivity index (χ4v) is 3.65. The number of hydrogen-bond donors (Lipinski definition) is 1. The number of amides is 1. The molecule has 1 atom stereocenters. The van der Waals surface area contributed by atoms with E-state index < -0.39 is 5.41 Å². The Morgan fingerprint density at radius 1 is 1.04 bits per heavy atom. The van der Waals surface area contributed by atoms with Gasteiger partial charge in [-0.25, -0.2) is 0 Å². The molecule has 4 heteroatoms. The molecule has 0 fully saturated rings. The second-order valence-electron chi connectivity index (χ2n) is 7.53. The van der Waals surface area contributed by atoms with Crippen LogP contribution in [0.25, 0.3) is 11.1 Å². The number of hydrogen-bond acceptors (Lipinski definition) is 3. The summed E-state index contributed by atoms with van der Waals surface area (Å²) >= 11 is 0. The van der Waals surface area contributed by atoms with Crippen LogP contribution in [0.1, 0.15) is 36.6 Å². The van der Waals surface area contributed by atoms with Gasteiger partial charge in [0.25, 0.3) is 0 Å². The number of carbonyl (C=O) groups is 1. The number of primary amides is 1. The lowest BCUT2D eigenvalue weighted by Gasteiger charge is -2.32. The van der Waals surface area contributed by atoms with E-state index in [2.05, 4.69) is 0 Å². The van der Waals surface area contributed by atoms with Gasteiger partial charge in [-0.2, -0.15) is 0 Å². The van der Waals surface area contributed by atoms with E-state index in [1.165, 1.54) is 0 Å². The van der Waals surface area contributed by atoms with Crippen molar-refractivity contribution in [2.75, 3.05) is 7.11 Å². The average Bonchev–Trinajstić information content (AvgIpc) is 2.72. The van der Waals surface area contributed by atoms with Crippen LogP contribution in [0.5, 0.6) is 11.5 Å². The number of fused-ring (bicyclic) bond motifs is 3. The molecule has 0 bridgehead atoms. The Hall–Kier alpha value is -3.27. The maximum atomic E-state index is 12.0. The molecule has 2 N–H and O–H groups in total. The summed E-state index contributed by atoms with van der Waals surface area (Å²) in [7, 11) is 1.66. The second-order valence-corrected chi connectivity index (χ2v) is 7.53. The van der Waals surface area contributed by atoms with E-state index in [9.17, 15) is 4.79 Å². The largest absolute Gasteiger partial charge is 0.496 e. The van der Waals surface area contributed by atoms with Gasteiger partial charge in [-0.3, -0.25) is 4.79 Å². The van der Waals surface area contributed by atoms with Crippen molar-refractivity contribution >= 4 is 5.91 Å². The van der Waals surface area contributed by atoms with Crippen LogP contribution in [0.2, 0.25) is 0 Å². The standard InChI is InChI=1S/C24H23NO3/c1-24(2,23(25)26)16-12-13-17-18(14-16)22(15-8-5-4-6-9-15)28-20-11-7-10-19(27-3)21(17)20/h4-14,22H,1-3H3,(H2,25,26). The van der Waals surface area contributed by atoms with Crippen molar-refractivity contribution in [3.05, 3.63) is 83.4 Å². The predicted molar refractivity (Wildman–Crippen MR) is 110 cm³/mol. The van der Waals surface area contributed by atoms with Gasteiger partial charge in [0.1, 0.15) is 17.6 Å². The Bertz CT molecular complexity index is 1040. The van der Waals surface area contributed by atoms with E-state index in [1.54, 1.807) is 7.11 Å². The maximum Gasteiger partial charge on any atom is 0.227 e. The van der Waals surface area contributed by atoms with E-state index in [-0.39, 0.29) is 12.0 Å². The molecule has 3 aromatic carbocycles. The molecule has 4 rings (SSSR count). The van der Waals surface area contributed by atoms with Gasteiger partial charge in [0, 0.05) is 5.56 Å². The molecule has 142 valence electrons. The topological polar surface area (TPSA) is 61.5 Å². The van der Waals surface area contributed by atoms with Crippen LogP contribution in [0.4, 0.5) is 0 Å². The summed E-state index contributed by atoms with van der Waals surface area (Å²) in [6, 6.07) is 21.9. The van der Waals surface area contributed by atoms with Crippen molar-refractivity contribution in [2.24, 2.45) is 5.73 Å². The molecule has 0 saturated carbocycles. The Kier molecular flexibility index (Phi) is 4.34. The number of benzene rings is 3. The molecule has 1 aliphatic rings. The molecular weight excluding hydrogens is 350 g/mol. The summed E-state index contributed by atoms with van der Waals surface area (Å²) in [5.41, 5.74) is 9.75. The maximum absolute atomic E-state index is 12.0. The third-order valence-electron chi connectivity index (χ3n) is 5.50. The monoisotopic (exact) mass is 373 g/mol. The van der Waals surface area contributed by atoms with Crippen LogP contribution < -0.4 is 15.2 Å². The minimum atomic E-state index is -0.780. The van der Waals surface area contributed by atoms with E-state index in [0.29, 0.717) is 0 Å². The van der Waals surface area contributed by atoms with Gasteiger partial charge in [-0.15, -0.1) is 0 Å². The molecule has 0 saturated heterocycles. The summed E-state index contributed by atoms with van der Waals surface area (Å²) in [6.45, 7) is 3.68. The lowest BCUT2D eigenvalue weighted by molar-refractivity contribution is -0.122. The molecule has 0 aromatic heterocycles. The summed E-state index contributed by atoms with van der Waals surface area (Å²) in [5, 5.41) is 0. The van der Waals surface area contributed by atoms with E-state index in [4.69, 9.17) is 15.2 Å². The number of carbonyl (C=O) groups excluding carboxylic acids is 1. The number of nitrogens with two attached hydrogens (primary N) is 1. The van der Waals surface area contributed by atoms with Crippen LogP contribution in [-0.2, 0) is 10.2 Å². The van der Waals surface area contributed by atoms with Crippen LogP contribution in [0.3, 0.4) is 0 Å². The van der Waals surface area contributed by atoms with Gasteiger partial charge in [-0.05, 0) is 42.7 Å². The molecule has 1 amide bonds. The van der Waals surface area contributed by atoms with Crippen molar-refractivity contribution in [1.29, 1.82) is 0 Å². The molecule has 3 aromatic rings. The zero-order valence-electron chi connectivity index (χ0n) is 16.2. The van der Waals surface area contributed by atoms with Crippen molar-refractivity contribution < 1.29 is 14.3 Å². The van der Waals surface area contributed by atoms with E-state index in [0.717, 1.165) is 39.3 Å². The van der Waals surface area contributed by atoms with Crippen molar-refractivity contribution in [3.8, 4) is 22.6 Å². The molecule has 1 heterocycles. The van der Waals surface area contributed by atoms with Gasteiger partial charge in [-0.1, -0.05) is 54.6 Å². The highest BCUT2D eigenvalue weighted by Crippen LogP contribution is 2.49. The van der Waals surface area contributed by atoms with Crippen LogP contribution in [-0.4, -0.2) is 13.0 Å². The summed E-state index contributed by atoms with van der Waals surface area (Å²) in [4.78, 5) is 12.0. The quantitative estimate of drug-likeness (QED) is 0.727. The molecule has 0 radical (unpaired) electrons. The number of methoxy groups -OCH3 is 1. The first-order valence-electron chi connectivity index (χ1n) is 9.27. The fraction of sp³-hybridized carbons (Fsp3) is 0.208. The predicted octanol–water partition coefficient (Wildman–Crippen LogP) is 4.61. The Balaban J connectivity index is 1.97. The molecule has 28 heavy (non-hydrogen) atoms. The Morgan fingerprint density at radius 3 is 2.46 bits per heavy atom. The SMILES string of the molecule is COc1cccc2c1-c1ccc(C(C)(C)C(N)=O)cc1C(c1ccccc1)O2. The first-order chi connectivity index (χ1) is 13.4. The zero-order chi connectivity index (χ0) is 19.9. The van der Waals surface area contributed by atoms with E-state index >= 15 is 0 Å². The minimum Gasteiger partial charge on any atom is -0.496 e. The van der Waals surface area contributed by atoms with Gasteiger partial charge in [0.05, 0.1) is 18.1 Å². The molecule has 0 aliphatic carbocycles. The zero-order valence-corrected chi connectivity index (χ0v) is 16.2. The first-order valence-corrected chi connectivity index (χ1v) is 9.27. The Morgan fingerprint density at radius 2 is 1.79 bits per heavy atom. The number of rotatable bonds is 4. The lowest BCUT2D eigenvalue weighted by Crippen LogP contribution is -2.35. The van der Waals surface area contributed by atoms with Crippen LogP contribution >= 0.6 is 0 Å². The summed E-state index contributed by atoms with van der Waals surface area (Å²) in [5.74, 6) is 1.17. The first kappa shape index (κ1) is 18.1. The van der Waals surface area contributed by atoms with E-state index in [1.807, 2.05) is 80.6 Å². The van der Waals surface area contributed by atoms with Crippen LogP contribution in [0.15, 0.2) is 66.7 Å². The van der Waals surface area contributed by atoms with Gasteiger partial charge < -0.3 is 15.2 Å². The smallest absolute Gasteiger partial charge is 0.227 e. The Labute approximate surface area is 164 Å². The second kappa shape index (κ2) is 6.71. The normalized spacial score (nSPS) is 15.2.